The van der Waals surface area contributed by atoms with Gasteiger partial charge in [0.1, 0.15) is 0 Å². The molecular formula is C17H22N2O. The van der Waals surface area contributed by atoms with Crippen molar-refractivity contribution < 1.29 is 4.79 Å². The molecule has 106 valence electrons. The number of fused-ring (bicyclic) bond motifs is 1. The number of hydrogen-bond acceptors (Lipinski definition) is 2. The molecule has 0 fully saturated rings. The van der Waals surface area contributed by atoms with E-state index < -0.39 is 0 Å². The van der Waals surface area contributed by atoms with Crippen LogP contribution in [0.2, 0.25) is 0 Å². The highest BCUT2D eigenvalue weighted by Gasteiger charge is 2.13. The minimum absolute atomic E-state index is 0.140. The molecule has 0 aliphatic heterocycles. The fourth-order valence-corrected chi connectivity index (χ4v) is 2.39. The third-order valence-electron chi connectivity index (χ3n) is 3.64. The number of likely N-dealkylation sites (N-methyl/N-ethyl adjacent to an activating group) is 1. The Bertz CT molecular complexity index is 589. The molecule has 2 aromatic carbocycles. The van der Waals surface area contributed by atoms with Crippen LogP contribution in [0.5, 0.6) is 0 Å². The minimum atomic E-state index is 0.140. The molecule has 1 unspecified atom stereocenters. The number of nitrogens with two attached hydrogens (primary N) is 1. The maximum absolute atomic E-state index is 12.3. The largest absolute Gasteiger partial charge is 0.345 e. The fraction of sp³-hybridized carbons (Fsp3) is 0.353. The van der Waals surface area contributed by atoms with Crippen LogP contribution in [-0.2, 0) is 11.2 Å². The lowest BCUT2D eigenvalue weighted by molar-refractivity contribution is -0.129. The van der Waals surface area contributed by atoms with Gasteiger partial charge in [-0.2, -0.15) is 0 Å². The molecule has 0 heterocycles. The van der Waals surface area contributed by atoms with E-state index >= 15 is 0 Å². The second-order valence-corrected chi connectivity index (χ2v) is 5.43. The number of hydrogen-bond donors (Lipinski definition) is 1. The molecule has 0 bridgehead atoms. The van der Waals surface area contributed by atoms with Crippen molar-refractivity contribution in [2.24, 2.45) is 11.7 Å². The van der Waals surface area contributed by atoms with Crippen molar-refractivity contribution in [3.63, 3.8) is 0 Å². The molecule has 1 amide bonds. The van der Waals surface area contributed by atoms with Crippen molar-refractivity contribution in [2.45, 2.75) is 13.3 Å². The number of carbonyl (C=O) groups is 1. The zero-order valence-corrected chi connectivity index (χ0v) is 12.2. The third-order valence-corrected chi connectivity index (χ3v) is 3.64. The van der Waals surface area contributed by atoms with Crippen molar-refractivity contribution in [3.05, 3.63) is 48.0 Å². The molecule has 2 aromatic rings. The first-order valence-corrected chi connectivity index (χ1v) is 7.02. The monoisotopic (exact) mass is 270 g/mol. The van der Waals surface area contributed by atoms with E-state index in [1.807, 2.05) is 31.3 Å². The molecule has 3 heteroatoms. The highest BCUT2D eigenvalue weighted by Crippen LogP contribution is 2.19. The van der Waals surface area contributed by atoms with Crippen molar-refractivity contribution in [2.75, 3.05) is 20.1 Å². The van der Waals surface area contributed by atoms with Crippen molar-refractivity contribution in [1.82, 2.24) is 4.90 Å². The van der Waals surface area contributed by atoms with E-state index in [-0.39, 0.29) is 5.91 Å². The first-order valence-electron chi connectivity index (χ1n) is 7.02. The van der Waals surface area contributed by atoms with Crippen LogP contribution in [0.4, 0.5) is 0 Å². The van der Waals surface area contributed by atoms with Gasteiger partial charge in [-0.1, -0.05) is 49.4 Å². The number of carbonyl (C=O) groups excluding carboxylic acids is 1. The second kappa shape index (κ2) is 6.53. The van der Waals surface area contributed by atoms with Crippen molar-refractivity contribution in [3.8, 4) is 0 Å². The molecule has 3 nitrogen and oxygen atoms in total. The summed E-state index contributed by atoms with van der Waals surface area (Å²) in [6, 6.07) is 14.3. The van der Waals surface area contributed by atoms with Crippen LogP contribution in [-0.4, -0.2) is 30.9 Å². The Labute approximate surface area is 120 Å². The maximum Gasteiger partial charge on any atom is 0.226 e. The first-order chi connectivity index (χ1) is 9.61. The Morgan fingerprint density at radius 1 is 1.20 bits per heavy atom. The zero-order valence-electron chi connectivity index (χ0n) is 12.2. The molecule has 2 rings (SSSR count). The Morgan fingerprint density at radius 2 is 1.90 bits per heavy atom. The van der Waals surface area contributed by atoms with Crippen LogP contribution in [0, 0.1) is 5.92 Å². The molecule has 0 radical (unpaired) electrons. The van der Waals surface area contributed by atoms with Gasteiger partial charge in [0.15, 0.2) is 0 Å². The molecule has 0 aliphatic rings. The summed E-state index contributed by atoms with van der Waals surface area (Å²) in [5, 5.41) is 2.33. The Morgan fingerprint density at radius 3 is 2.65 bits per heavy atom. The summed E-state index contributed by atoms with van der Waals surface area (Å²) in [4.78, 5) is 14.1. The molecule has 2 N–H and O–H groups in total. The predicted molar refractivity (Wildman–Crippen MR) is 83.5 cm³/mol. The summed E-state index contributed by atoms with van der Waals surface area (Å²) >= 11 is 0. The van der Waals surface area contributed by atoms with E-state index in [9.17, 15) is 4.79 Å². The van der Waals surface area contributed by atoms with Gasteiger partial charge < -0.3 is 10.6 Å². The Kier molecular flexibility index (Phi) is 4.74. The van der Waals surface area contributed by atoms with E-state index in [2.05, 4.69) is 25.1 Å². The van der Waals surface area contributed by atoms with Gasteiger partial charge in [0.05, 0.1) is 6.42 Å². The second-order valence-electron chi connectivity index (χ2n) is 5.43. The molecule has 0 aliphatic carbocycles. The summed E-state index contributed by atoms with van der Waals surface area (Å²) in [7, 11) is 1.85. The molecular weight excluding hydrogens is 248 g/mol. The quantitative estimate of drug-likeness (QED) is 0.907. The Hall–Kier alpha value is -1.87. The summed E-state index contributed by atoms with van der Waals surface area (Å²) in [5.74, 6) is 0.470. The van der Waals surface area contributed by atoms with Crippen LogP contribution in [0.25, 0.3) is 10.8 Å². The van der Waals surface area contributed by atoms with Crippen molar-refractivity contribution >= 4 is 16.7 Å². The Balaban J connectivity index is 2.14. The van der Waals surface area contributed by atoms with Gasteiger partial charge in [0.2, 0.25) is 5.91 Å². The van der Waals surface area contributed by atoms with Crippen LogP contribution >= 0.6 is 0 Å². The number of benzene rings is 2. The van der Waals surface area contributed by atoms with Crippen molar-refractivity contribution in [1.29, 1.82) is 0 Å². The van der Waals surface area contributed by atoms with Gasteiger partial charge in [-0.25, -0.2) is 0 Å². The number of amides is 1. The van der Waals surface area contributed by atoms with Gasteiger partial charge >= 0.3 is 0 Å². The lowest BCUT2D eigenvalue weighted by Gasteiger charge is -2.21. The topological polar surface area (TPSA) is 46.3 Å². The SMILES string of the molecule is CC(CN)CN(C)C(=O)Cc1cccc2ccccc12. The maximum atomic E-state index is 12.3. The van der Waals surface area contributed by atoms with Gasteiger partial charge in [0, 0.05) is 13.6 Å². The highest BCUT2D eigenvalue weighted by atomic mass is 16.2. The fourth-order valence-electron chi connectivity index (χ4n) is 2.39. The molecule has 0 saturated heterocycles. The zero-order chi connectivity index (χ0) is 14.5. The molecule has 0 spiro atoms. The summed E-state index contributed by atoms with van der Waals surface area (Å²) in [6.07, 6.45) is 0.440. The van der Waals surface area contributed by atoms with E-state index in [0.29, 0.717) is 25.4 Å². The van der Waals surface area contributed by atoms with Gasteiger partial charge in [-0.05, 0) is 28.8 Å². The van der Waals surface area contributed by atoms with Gasteiger partial charge in [-0.3, -0.25) is 4.79 Å². The minimum Gasteiger partial charge on any atom is -0.345 e. The predicted octanol–water partition coefficient (Wildman–Crippen LogP) is 2.44. The highest BCUT2D eigenvalue weighted by molar-refractivity contribution is 5.90. The lowest BCUT2D eigenvalue weighted by atomic mass is 10.0. The molecule has 0 saturated carbocycles. The van der Waals surface area contributed by atoms with Crippen LogP contribution in [0.1, 0.15) is 12.5 Å². The van der Waals surface area contributed by atoms with E-state index in [4.69, 9.17) is 5.73 Å². The average molecular weight is 270 g/mol. The summed E-state index contributed by atoms with van der Waals surface area (Å²) in [6.45, 7) is 3.37. The summed E-state index contributed by atoms with van der Waals surface area (Å²) < 4.78 is 0. The lowest BCUT2D eigenvalue weighted by Crippen LogP contribution is -2.34. The normalized spacial score (nSPS) is 12.3. The standard InChI is InChI=1S/C17H22N2O/c1-13(11-18)12-19(2)17(20)10-15-8-5-7-14-6-3-4-9-16(14)15/h3-9,13H,10-12,18H2,1-2H3. The smallest absolute Gasteiger partial charge is 0.226 e. The van der Waals surface area contributed by atoms with E-state index in [0.717, 1.165) is 10.9 Å². The van der Waals surface area contributed by atoms with Crippen LogP contribution in [0.3, 0.4) is 0 Å². The van der Waals surface area contributed by atoms with Crippen LogP contribution < -0.4 is 5.73 Å². The molecule has 20 heavy (non-hydrogen) atoms. The van der Waals surface area contributed by atoms with E-state index in [1.165, 1.54) is 5.39 Å². The van der Waals surface area contributed by atoms with Gasteiger partial charge in [0.25, 0.3) is 0 Å². The third kappa shape index (κ3) is 3.36. The average Bonchev–Trinajstić information content (AvgIpc) is 2.47. The number of rotatable bonds is 5. The first kappa shape index (κ1) is 14.5. The molecule has 0 aromatic heterocycles. The molecule has 1 atom stereocenters. The van der Waals surface area contributed by atoms with Gasteiger partial charge in [-0.15, -0.1) is 0 Å². The van der Waals surface area contributed by atoms with E-state index in [1.54, 1.807) is 4.90 Å². The number of nitrogens with zero attached hydrogens (tertiary/aromatic N) is 1. The van der Waals surface area contributed by atoms with Crippen LogP contribution in [0.15, 0.2) is 42.5 Å². The summed E-state index contributed by atoms with van der Waals surface area (Å²) in [5.41, 5.74) is 6.69.